The number of hydrogen-bond acceptors (Lipinski definition) is 3. The number of nitrogens with zero attached hydrogens (tertiary/aromatic N) is 2. The quantitative estimate of drug-likeness (QED) is 0.778. The zero-order valence-corrected chi connectivity index (χ0v) is 12.9. The molecule has 2 aromatic heterocycles. The van der Waals surface area contributed by atoms with Gasteiger partial charge in [0.1, 0.15) is 18.1 Å². The number of fused-ring (bicyclic) bond motifs is 2. The van der Waals surface area contributed by atoms with Crippen LogP contribution < -0.4 is 5.32 Å². The Kier molecular flexibility index (Phi) is 3.38. The average molecular weight is 310 g/mol. The van der Waals surface area contributed by atoms with Crippen molar-refractivity contribution in [3.8, 4) is 0 Å². The second-order valence-corrected chi connectivity index (χ2v) is 5.82. The molecule has 118 valence electrons. The van der Waals surface area contributed by atoms with E-state index in [9.17, 15) is 4.79 Å². The van der Waals surface area contributed by atoms with Crippen LogP contribution in [0.25, 0.3) is 10.9 Å². The van der Waals surface area contributed by atoms with Crippen molar-refractivity contribution in [2.45, 2.75) is 26.6 Å². The number of ether oxygens (including phenoxy) is 1. The summed E-state index contributed by atoms with van der Waals surface area (Å²) in [5, 5.41) is 4.13. The lowest BCUT2D eigenvalue weighted by atomic mass is 10.1. The number of carbonyl (C=O) groups excluding carboxylic acids is 1. The highest BCUT2D eigenvalue weighted by Crippen LogP contribution is 2.17. The van der Waals surface area contributed by atoms with Crippen molar-refractivity contribution >= 4 is 16.8 Å². The molecule has 3 aromatic rings. The number of aryl methyl sites for hydroxylation is 1. The van der Waals surface area contributed by atoms with Crippen LogP contribution in [0.3, 0.4) is 0 Å². The minimum atomic E-state index is -0.101. The number of hydrogen-bond donors (Lipinski definition) is 2. The SMILES string of the molecule is Cc1cc2cc(CNC(=O)c3cnc4n3CCOC4)ccc2[nH]1. The summed E-state index contributed by atoms with van der Waals surface area (Å²) in [6.45, 7) is 4.29. The number of benzene rings is 1. The molecule has 0 bridgehead atoms. The summed E-state index contributed by atoms with van der Waals surface area (Å²) in [6, 6.07) is 8.27. The van der Waals surface area contributed by atoms with Gasteiger partial charge >= 0.3 is 0 Å². The van der Waals surface area contributed by atoms with Crippen molar-refractivity contribution in [2.75, 3.05) is 6.61 Å². The summed E-state index contributed by atoms with van der Waals surface area (Å²) in [4.78, 5) is 19.9. The van der Waals surface area contributed by atoms with Gasteiger partial charge in [0.05, 0.1) is 12.8 Å². The first-order valence-electron chi connectivity index (χ1n) is 7.69. The molecular formula is C17H18N4O2. The van der Waals surface area contributed by atoms with Gasteiger partial charge in [0.15, 0.2) is 0 Å². The molecule has 1 aliphatic rings. The number of nitrogens with one attached hydrogen (secondary N) is 2. The van der Waals surface area contributed by atoms with Gasteiger partial charge in [-0.25, -0.2) is 4.98 Å². The lowest BCUT2D eigenvalue weighted by Crippen LogP contribution is -2.28. The zero-order chi connectivity index (χ0) is 15.8. The first-order valence-corrected chi connectivity index (χ1v) is 7.69. The summed E-state index contributed by atoms with van der Waals surface area (Å²) in [6.07, 6.45) is 1.62. The Morgan fingerprint density at radius 1 is 1.43 bits per heavy atom. The highest BCUT2D eigenvalue weighted by Gasteiger charge is 2.18. The van der Waals surface area contributed by atoms with Gasteiger partial charge in [0.2, 0.25) is 0 Å². The van der Waals surface area contributed by atoms with E-state index < -0.39 is 0 Å². The third kappa shape index (κ3) is 2.61. The Bertz CT molecular complexity index is 878. The molecule has 2 N–H and O–H groups in total. The molecule has 1 aromatic carbocycles. The van der Waals surface area contributed by atoms with Crippen molar-refractivity contribution in [1.29, 1.82) is 0 Å². The molecule has 1 aliphatic heterocycles. The van der Waals surface area contributed by atoms with E-state index in [0.29, 0.717) is 32.0 Å². The molecule has 0 saturated heterocycles. The van der Waals surface area contributed by atoms with E-state index in [0.717, 1.165) is 28.0 Å². The summed E-state index contributed by atoms with van der Waals surface area (Å²) < 4.78 is 7.27. The fourth-order valence-corrected chi connectivity index (χ4v) is 2.99. The fraction of sp³-hybridized carbons (Fsp3) is 0.294. The maximum absolute atomic E-state index is 12.4. The van der Waals surface area contributed by atoms with Gasteiger partial charge in [-0.05, 0) is 36.1 Å². The van der Waals surface area contributed by atoms with Crippen molar-refractivity contribution in [1.82, 2.24) is 19.9 Å². The molecule has 0 fully saturated rings. The normalized spacial score (nSPS) is 14.0. The van der Waals surface area contributed by atoms with Crippen LogP contribution in [0.4, 0.5) is 0 Å². The molecule has 0 unspecified atom stereocenters. The first-order chi connectivity index (χ1) is 11.2. The number of H-pyrrole nitrogens is 1. The summed E-state index contributed by atoms with van der Waals surface area (Å²) in [5.74, 6) is 0.710. The molecule has 6 heteroatoms. The molecule has 0 radical (unpaired) electrons. The number of aromatic nitrogens is 3. The summed E-state index contributed by atoms with van der Waals surface area (Å²) in [7, 11) is 0. The number of rotatable bonds is 3. The van der Waals surface area contributed by atoms with Crippen molar-refractivity contribution < 1.29 is 9.53 Å². The number of amides is 1. The van der Waals surface area contributed by atoms with E-state index in [1.54, 1.807) is 6.20 Å². The third-order valence-corrected chi connectivity index (χ3v) is 4.13. The van der Waals surface area contributed by atoms with E-state index in [2.05, 4.69) is 27.4 Å². The van der Waals surface area contributed by atoms with Crippen LogP contribution in [-0.2, 0) is 24.4 Å². The van der Waals surface area contributed by atoms with E-state index in [-0.39, 0.29) is 5.91 Å². The second kappa shape index (κ2) is 5.55. The first kappa shape index (κ1) is 14.0. The molecule has 23 heavy (non-hydrogen) atoms. The summed E-state index contributed by atoms with van der Waals surface area (Å²) in [5.41, 5.74) is 3.92. The van der Waals surface area contributed by atoms with Gasteiger partial charge in [-0.15, -0.1) is 0 Å². The van der Waals surface area contributed by atoms with Crippen molar-refractivity contribution in [3.05, 3.63) is 53.2 Å². The van der Waals surface area contributed by atoms with Crippen LogP contribution in [0.15, 0.2) is 30.5 Å². The fourth-order valence-electron chi connectivity index (χ4n) is 2.99. The van der Waals surface area contributed by atoms with Crippen LogP contribution in [0, 0.1) is 6.92 Å². The topological polar surface area (TPSA) is 71.9 Å². The molecular weight excluding hydrogens is 292 g/mol. The van der Waals surface area contributed by atoms with Crippen LogP contribution >= 0.6 is 0 Å². The highest BCUT2D eigenvalue weighted by atomic mass is 16.5. The van der Waals surface area contributed by atoms with Gasteiger partial charge in [0.25, 0.3) is 5.91 Å². The predicted octanol–water partition coefficient (Wildman–Crippen LogP) is 2.13. The van der Waals surface area contributed by atoms with E-state index >= 15 is 0 Å². The predicted molar refractivity (Wildman–Crippen MR) is 86.1 cm³/mol. The van der Waals surface area contributed by atoms with E-state index in [4.69, 9.17) is 4.74 Å². The van der Waals surface area contributed by atoms with Gasteiger partial charge in [-0.1, -0.05) is 6.07 Å². The third-order valence-electron chi connectivity index (χ3n) is 4.13. The van der Waals surface area contributed by atoms with Crippen LogP contribution in [0.2, 0.25) is 0 Å². The monoisotopic (exact) mass is 310 g/mol. The Morgan fingerprint density at radius 3 is 3.26 bits per heavy atom. The Hall–Kier alpha value is -2.60. The Balaban J connectivity index is 1.49. The molecule has 0 atom stereocenters. The average Bonchev–Trinajstić information content (AvgIpc) is 3.14. The molecule has 4 rings (SSSR count). The van der Waals surface area contributed by atoms with E-state index in [1.807, 2.05) is 23.6 Å². The van der Waals surface area contributed by atoms with Gasteiger partial charge in [0, 0.05) is 24.3 Å². The molecule has 0 aliphatic carbocycles. The number of imidazole rings is 1. The lowest BCUT2D eigenvalue weighted by molar-refractivity contribution is 0.0778. The van der Waals surface area contributed by atoms with Crippen LogP contribution in [-0.4, -0.2) is 27.0 Å². The maximum Gasteiger partial charge on any atom is 0.269 e. The Morgan fingerprint density at radius 2 is 2.35 bits per heavy atom. The molecule has 0 spiro atoms. The summed E-state index contributed by atoms with van der Waals surface area (Å²) >= 11 is 0. The van der Waals surface area contributed by atoms with Crippen molar-refractivity contribution in [3.63, 3.8) is 0 Å². The minimum Gasteiger partial charge on any atom is -0.372 e. The van der Waals surface area contributed by atoms with Gasteiger partial charge in [-0.2, -0.15) is 0 Å². The smallest absolute Gasteiger partial charge is 0.269 e. The second-order valence-electron chi connectivity index (χ2n) is 5.82. The van der Waals surface area contributed by atoms with Gasteiger partial charge < -0.3 is 19.6 Å². The molecule has 3 heterocycles. The maximum atomic E-state index is 12.4. The number of aromatic amines is 1. The van der Waals surface area contributed by atoms with Gasteiger partial charge in [-0.3, -0.25) is 4.79 Å². The zero-order valence-electron chi connectivity index (χ0n) is 12.9. The van der Waals surface area contributed by atoms with E-state index in [1.165, 1.54) is 0 Å². The van der Waals surface area contributed by atoms with Crippen LogP contribution in [0.5, 0.6) is 0 Å². The standard InChI is InChI=1S/C17H18N4O2/c1-11-6-13-7-12(2-3-14(13)20-11)8-19-17(22)15-9-18-16-10-23-5-4-21(15)16/h2-3,6-7,9,20H,4-5,8,10H2,1H3,(H,19,22). The minimum absolute atomic E-state index is 0.101. The lowest BCUT2D eigenvalue weighted by Gasteiger charge is -2.16. The Labute approximate surface area is 133 Å². The molecule has 1 amide bonds. The largest absolute Gasteiger partial charge is 0.372 e. The molecule has 0 saturated carbocycles. The van der Waals surface area contributed by atoms with Crippen molar-refractivity contribution in [2.24, 2.45) is 0 Å². The molecule has 6 nitrogen and oxygen atoms in total. The van der Waals surface area contributed by atoms with Crippen LogP contribution in [0.1, 0.15) is 27.6 Å². The highest BCUT2D eigenvalue weighted by molar-refractivity contribution is 5.92. The number of carbonyl (C=O) groups is 1.